The predicted molar refractivity (Wildman–Crippen MR) is 44.7 cm³/mol. The van der Waals surface area contributed by atoms with E-state index in [9.17, 15) is 9.90 Å². The van der Waals surface area contributed by atoms with Crippen LogP contribution in [0.4, 0.5) is 0 Å². The molecule has 1 rings (SSSR count). The van der Waals surface area contributed by atoms with E-state index in [1.165, 1.54) is 0 Å². The summed E-state index contributed by atoms with van der Waals surface area (Å²) in [5.74, 6) is -0.319. The molecule has 1 aliphatic rings. The van der Waals surface area contributed by atoms with Crippen molar-refractivity contribution in [2.75, 3.05) is 0 Å². The molecule has 0 bridgehead atoms. The van der Waals surface area contributed by atoms with E-state index < -0.39 is 12.1 Å². The molecule has 0 radical (unpaired) electrons. The van der Waals surface area contributed by atoms with E-state index in [1.807, 2.05) is 20.8 Å². The number of esters is 1. The van der Waals surface area contributed by atoms with E-state index in [4.69, 9.17) is 4.74 Å². The number of carbonyl (C=O) groups is 1. The number of cyclic esters (lactones) is 1. The Morgan fingerprint density at radius 3 is 2.08 bits per heavy atom. The van der Waals surface area contributed by atoms with E-state index in [0.29, 0.717) is 5.57 Å². The molecule has 1 unspecified atom stereocenters. The van der Waals surface area contributed by atoms with Crippen molar-refractivity contribution < 1.29 is 14.6 Å². The van der Waals surface area contributed by atoms with E-state index in [2.05, 4.69) is 0 Å². The van der Waals surface area contributed by atoms with Crippen LogP contribution in [-0.4, -0.2) is 17.2 Å². The van der Waals surface area contributed by atoms with Gasteiger partial charge in [0, 0.05) is 0 Å². The average Bonchev–Trinajstić information content (AvgIpc) is 2.05. The summed E-state index contributed by atoms with van der Waals surface area (Å²) in [6.45, 7) is 7.28. The number of hydrogen-bond acceptors (Lipinski definition) is 3. The second kappa shape index (κ2) is 2.51. The lowest BCUT2D eigenvalue weighted by Crippen LogP contribution is -2.16. The minimum atomic E-state index is -0.480. The lowest BCUT2D eigenvalue weighted by atomic mass is 9.86. The normalized spacial score (nSPS) is 24.7. The van der Waals surface area contributed by atoms with Crippen molar-refractivity contribution in [3.63, 3.8) is 0 Å². The van der Waals surface area contributed by atoms with Crippen molar-refractivity contribution in [2.45, 2.75) is 33.8 Å². The molecule has 1 atom stereocenters. The smallest absolute Gasteiger partial charge is 0.338 e. The van der Waals surface area contributed by atoms with Crippen molar-refractivity contribution >= 4 is 5.97 Å². The first-order chi connectivity index (χ1) is 5.34. The van der Waals surface area contributed by atoms with Crippen molar-refractivity contribution in [1.29, 1.82) is 0 Å². The molecule has 0 aliphatic carbocycles. The molecular formula is C9H14O3. The summed E-state index contributed by atoms with van der Waals surface area (Å²) in [6, 6.07) is 0. The second-order valence-corrected chi connectivity index (χ2v) is 4.06. The van der Waals surface area contributed by atoms with E-state index in [-0.39, 0.29) is 11.2 Å². The Morgan fingerprint density at radius 1 is 1.42 bits per heavy atom. The van der Waals surface area contributed by atoms with Crippen LogP contribution >= 0.6 is 0 Å². The lowest BCUT2D eigenvalue weighted by molar-refractivity contribution is -0.140. The van der Waals surface area contributed by atoms with Gasteiger partial charge in [0.15, 0.2) is 6.10 Å². The Bertz CT molecular complexity index is 245. The van der Waals surface area contributed by atoms with Gasteiger partial charge in [-0.3, -0.25) is 0 Å². The Balaban J connectivity index is 3.10. The second-order valence-electron chi connectivity index (χ2n) is 4.06. The van der Waals surface area contributed by atoms with Gasteiger partial charge in [0.1, 0.15) is 5.76 Å². The van der Waals surface area contributed by atoms with E-state index in [0.717, 1.165) is 0 Å². The van der Waals surface area contributed by atoms with Gasteiger partial charge in [0.2, 0.25) is 0 Å². The third kappa shape index (κ3) is 1.31. The molecule has 0 aromatic heterocycles. The average molecular weight is 170 g/mol. The van der Waals surface area contributed by atoms with Crippen LogP contribution in [-0.2, 0) is 9.53 Å². The highest BCUT2D eigenvalue weighted by atomic mass is 16.6. The lowest BCUT2D eigenvalue weighted by Gasteiger charge is -2.16. The zero-order valence-electron chi connectivity index (χ0n) is 7.84. The fourth-order valence-electron chi connectivity index (χ4n) is 1.27. The van der Waals surface area contributed by atoms with Crippen molar-refractivity contribution in [3.05, 3.63) is 11.3 Å². The largest absolute Gasteiger partial charge is 0.508 e. The van der Waals surface area contributed by atoms with Crippen LogP contribution in [0.2, 0.25) is 0 Å². The van der Waals surface area contributed by atoms with Gasteiger partial charge in [-0.15, -0.1) is 0 Å². The van der Waals surface area contributed by atoms with Crippen LogP contribution in [0.1, 0.15) is 27.7 Å². The Labute approximate surface area is 72.0 Å². The van der Waals surface area contributed by atoms with Crippen LogP contribution in [0.15, 0.2) is 11.3 Å². The van der Waals surface area contributed by atoms with Crippen LogP contribution in [0.5, 0.6) is 0 Å². The Hall–Kier alpha value is -0.990. The van der Waals surface area contributed by atoms with Crippen LogP contribution in [0, 0.1) is 5.41 Å². The number of aliphatic hydroxyl groups is 1. The van der Waals surface area contributed by atoms with E-state index >= 15 is 0 Å². The van der Waals surface area contributed by atoms with Crippen molar-refractivity contribution in [2.24, 2.45) is 5.41 Å². The SMILES string of the molecule is CC1OC(=O)C(C(C)(C)C)=C1O. The van der Waals surface area contributed by atoms with Gasteiger partial charge in [-0.1, -0.05) is 20.8 Å². The molecule has 1 aliphatic heterocycles. The highest BCUT2D eigenvalue weighted by molar-refractivity contribution is 5.92. The van der Waals surface area contributed by atoms with Gasteiger partial charge in [-0.05, 0) is 12.3 Å². The number of ether oxygens (including phenoxy) is 1. The summed E-state index contributed by atoms with van der Waals surface area (Å²) in [5.41, 5.74) is 0.0568. The molecule has 0 saturated heterocycles. The highest BCUT2D eigenvalue weighted by Gasteiger charge is 2.37. The molecule has 3 heteroatoms. The van der Waals surface area contributed by atoms with Gasteiger partial charge < -0.3 is 9.84 Å². The number of hydrogen-bond donors (Lipinski definition) is 1. The zero-order chi connectivity index (χ0) is 9.52. The maximum Gasteiger partial charge on any atom is 0.338 e. The van der Waals surface area contributed by atoms with Gasteiger partial charge in [0.05, 0.1) is 5.57 Å². The fourth-order valence-corrected chi connectivity index (χ4v) is 1.27. The minimum Gasteiger partial charge on any atom is -0.508 e. The quantitative estimate of drug-likeness (QED) is 0.564. The van der Waals surface area contributed by atoms with Crippen molar-refractivity contribution in [3.8, 4) is 0 Å². The molecule has 12 heavy (non-hydrogen) atoms. The van der Waals surface area contributed by atoms with Crippen molar-refractivity contribution in [1.82, 2.24) is 0 Å². The summed E-state index contributed by atoms with van der Waals surface area (Å²) >= 11 is 0. The molecule has 1 heterocycles. The monoisotopic (exact) mass is 170 g/mol. The molecule has 0 aromatic rings. The summed E-state index contributed by atoms with van der Waals surface area (Å²) in [7, 11) is 0. The molecule has 0 amide bonds. The van der Waals surface area contributed by atoms with Gasteiger partial charge in [-0.2, -0.15) is 0 Å². The summed E-state index contributed by atoms with van der Waals surface area (Å²) in [6.07, 6.45) is -0.480. The highest BCUT2D eigenvalue weighted by Crippen LogP contribution is 2.34. The molecule has 0 fully saturated rings. The number of carbonyl (C=O) groups excluding carboxylic acids is 1. The third-order valence-electron chi connectivity index (χ3n) is 1.88. The fraction of sp³-hybridized carbons (Fsp3) is 0.667. The third-order valence-corrected chi connectivity index (χ3v) is 1.88. The molecule has 1 N–H and O–H groups in total. The molecule has 0 saturated carbocycles. The summed E-state index contributed by atoms with van der Waals surface area (Å²) < 4.78 is 4.85. The number of aliphatic hydroxyl groups excluding tert-OH is 1. The molecular weight excluding hydrogens is 156 g/mol. The molecule has 3 nitrogen and oxygen atoms in total. The van der Waals surface area contributed by atoms with Gasteiger partial charge in [-0.25, -0.2) is 4.79 Å². The predicted octanol–water partition coefficient (Wildman–Crippen LogP) is 1.79. The summed E-state index contributed by atoms with van der Waals surface area (Å²) in [5, 5.41) is 9.50. The van der Waals surface area contributed by atoms with Crippen LogP contribution < -0.4 is 0 Å². The molecule has 68 valence electrons. The van der Waals surface area contributed by atoms with Crippen LogP contribution in [0.25, 0.3) is 0 Å². The zero-order valence-corrected chi connectivity index (χ0v) is 7.84. The number of rotatable bonds is 0. The van der Waals surface area contributed by atoms with Gasteiger partial charge >= 0.3 is 5.97 Å². The van der Waals surface area contributed by atoms with Gasteiger partial charge in [0.25, 0.3) is 0 Å². The van der Waals surface area contributed by atoms with E-state index in [1.54, 1.807) is 6.92 Å². The maximum atomic E-state index is 11.2. The maximum absolute atomic E-state index is 11.2. The first kappa shape index (κ1) is 9.10. The molecule has 0 aromatic carbocycles. The first-order valence-corrected chi connectivity index (χ1v) is 3.98. The van der Waals surface area contributed by atoms with Crippen LogP contribution in [0.3, 0.4) is 0 Å². The standard InChI is InChI=1S/C9H14O3/c1-5-7(10)6(8(11)12-5)9(2,3)4/h5,10H,1-4H3. The minimum absolute atomic E-state index is 0.0764. The summed E-state index contributed by atoms with van der Waals surface area (Å²) in [4.78, 5) is 11.2. The Kier molecular flexibility index (Phi) is 1.90. The first-order valence-electron chi connectivity index (χ1n) is 3.98. The topological polar surface area (TPSA) is 46.5 Å². The Morgan fingerprint density at radius 2 is 1.92 bits per heavy atom. The molecule has 0 spiro atoms.